The van der Waals surface area contributed by atoms with E-state index in [2.05, 4.69) is 52.2 Å². The molecular weight excluding hydrogens is 810 g/mol. The number of unbranched alkanes of at least 4 members (excludes halogenated alkanes) is 20. The Balaban J connectivity index is 0. The van der Waals surface area contributed by atoms with Crippen LogP contribution in [0, 0.1) is 0 Å². The third-order valence-corrected chi connectivity index (χ3v) is 10.4. The maximum Gasteiger partial charge on any atom is 0.130 e. The SMILES string of the molecule is CCCCC=CCCCCCCCCCCOCC(C[N+](C)(C)CCOCCOCCOCCOCCOCCO)OCCCCCCCCCCC=CCCCC.[Br-]. The number of ether oxygens (including phenoxy) is 7. The second-order valence-corrected chi connectivity index (χ2v) is 16.7. The number of aliphatic hydroxyl groups excluding tert-OH is 1. The van der Waals surface area contributed by atoms with E-state index >= 15 is 0 Å². The Labute approximate surface area is 376 Å². The van der Waals surface area contributed by atoms with Gasteiger partial charge < -0.3 is 59.7 Å². The third kappa shape index (κ3) is 51.9. The smallest absolute Gasteiger partial charge is 0.130 e. The summed E-state index contributed by atoms with van der Waals surface area (Å²) in [5.41, 5.74) is 0. The quantitative estimate of drug-likeness (QED) is 0.0373. The normalized spacial score (nSPS) is 12.6. The molecule has 0 aliphatic carbocycles. The lowest BCUT2D eigenvalue weighted by Gasteiger charge is -2.33. The van der Waals surface area contributed by atoms with Crippen molar-refractivity contribution in [1.29, 1.82) is 0 Å². The van der Waals surface area contributed by atoms with Crippen molar-refractivity contribution >= 4 is 0 Å². The van der Waals surface area contributed by atoms with Crippen molar-refractivity contribution in [3.63, 3.8) is 0 Å². The van der Waals surface area contributed by atoms with Gasteiger partial charge in [-0.3, -0.25) is 0 Å². The first kappa shape index (κ1) is 60.7. The van der Waals surface area contributed by atoms with Gasteiger partial charge in [-0.05, 0) is 51.4 Å². The summed E-state index contributed by atoms with van der Waals surface area (Å²) < 4.78 is 41.3. The van der Waals surface area contributed by atoms with E-state index in [-0.39, 0.29) is 29.7 Å². The zero-order chi connectivity index (χ0) is 42.1. The maximum absolute atomic E-state index is 8.69. The first-order valence-corrected chi connectivity index (χ1v) is 24.4. The van der Waals surface area contributed by atoms with Gasteiger partial charge in [-0.1, -0.05) is 141 Å². The Morgan fingerprint density at radius 2 is 0.763 bits per heavy atom. The van der Waals surface area contributed by atoms with Gasteiger partial charge in [0.05, 0.1) is 93.4 Å². The van der Waals surface area contributed by atoms with Gasteiger partial charge in [0.1, 0.15) is 19.2 Å². The van der Waals surface area contributed by atoms with Crippen LogP contribution in [-0.4, -0.2) is 135 Å². The lowest BCUT2D eigenvalue weighted by molar-refractivity contribution is -0.894. The van der Waals surface area contributed by atoms with Crippen molar-refractivity contribution in [2.24, 2.45) is 0 Å². The number of rotatable bonds is 50. The lowest BCUT2D eigenvalue weighted by atomic mass is 10.1. The van der Waals surface area contributed by atoms with Crippen molar-refractivity contribution < 1.29 is 59.7 Å². The van der Waals surface area contributed by atoms with Gasteiger partial charge in [0.2, 0.25) is 0 Å². The van der Waals surface area contributed by atoms with Crippen LogP contribution in [0.2, 0.25) is 0 Å². The van der Waals surface area contributed by atoms with Crippen LogP contribution >= 0.6 is 0 Å². The second kappa shape index (κ2) is 51.9. The highest BCUT2D eigenvalue weighted by atomic mass is 79.9. The molecule has 1 N–H and O–H groups in total. The highest BCUT2D eigenvalue weighted by Crippen LogP contribution is 2.13. The van der Waals surface area contributed by atoms with Gasteiger partial charge in [-0.15, -0.1) is 0 Å². The number of quaternary nitrogens is 1. The third-order valence-electron chi connectivity index (χ3n) is 10.4. The number of allylic oxidation sites excluding steroid dienone is 4. The van der Waals surface area contributed by atoms with Crippen LogP contribution in [0.25, 0.3) is 0 Å². The Bertz CT molecular complexity index is 834. The number of halogens is 1. The number of hydrogen-bond acceptors (Lipinski definition) is 8. The summed E-state index contributed by atoms with van der Waals surface area (Å²) in [6.07, 6.45) is 40.9. The minimum absolute atomic E-state index is 0. The molecule has 1 atom stereocenters. The highest BCUT2D eigenvalue weighted by molar-refractivity contribution is 4.81. The van der Waals surface area contributed by atoms with Gasteiger partial charge in [-0.2, -0.15) is 0 Å². The molecule has 0 bridgehead atoms. The fourth-order valence-electron chi connectivity index (χ4n) is 6.69. The molecule has 0 aromatic rings. The summed E-state index contributed by atoms with van der Waals surface area (Å²) in [4.78, 5) is 0. The zero-order valence-electron chi connectivity index (χ0n) is 39.3. The standard InChI is InChI=1S/C49H98NO8.BrH/c1-5-7-9-11-13-15-17-19-21-23-25-27-29-31-35-57-48-49(58-36-32-30-28-26-24-22-20-18-16-14-12-10-8-6-2)47-50(3,4)33-37-52-39-41-54-43-45-56-46-44-55-42-40-53-38-34-51;/h11-14,49,51H,5-10,15-48H2,1-4H3;1H/q+1;/p-1. The molecule has 0 saturated carbocycles. The second-order valence-electron chi connectivity index (χ2n) is 16.7. The molecule has 0 saturated heterocycles. The average Bonchev–Trinajstić information content (AvgIpc) is 3.21. The maximum atomic E-state index is 8.69. The average molecular weight is 909 g/mol. The lowest BCUT2D eigenvalue weighted by Crippen LogP contribution is -3.00. The van der Waals surface area contributed by atoms with Gasteiger partial charge in [-0.25, -0.2) is 0 Å². The minimum Gasteiger partial charge on any atom is -1.00 e. The van der Waals surface area contributed by atoms with Gasteiger partial charge in [0, 0.05) is 13.2 Å². The van der Waals surface area contributed by atoms with Crippen molar-refractivity contribution in [1.82, 2.24) is 0 Å². The molecule has 0 spiro atoms. The first-order chi connectivity index (χ1) is 28.6. The summed E-state index contributed by atoms with van der Waals surface area (Å²) in [5.74, 6) is 0. The fourth-order valence-corrected chi connectivity index (χ4v) is 6.69. The summed E-state index contributed by atoms with van der Waals surface area (Å²) in [5, 5.41) is 8.69. The molecule has 10 heteroatoms. The van der Waals surface area contributed by atoms with Crippen LogP contribution in [0.15, 0.2) is 24.3 Å². The monoisotopic (exact) mass is 908 g/mol. The Hall–Kier alpha value is -0.400. The molecule has 0 aromatic carbocycles. The minimum atomic E-state index is 0. The van der Waals surface area contributed by atoms with E-state index in [1.165, 1.54) is 141 Å². The Morgan fingerprint density at radius 1 is 0.407 bits per heavy atom. The molecule has 9 nitrogen and oxygen atoms in total. The van der Waals surface area contributed by atoms with Crippen molar-refractivity contribution in [3.8, 4) is 0 Å². The van der Waals surface area contributed by atoms with E-state index in [4.69, 9.17) is 38.3 Å². The Kier molecular flexibility index (Phi) is 53.4. The number of likely N-dealkylation sites (N-methyl/N-ethyl adjacent to an activating group) is 1. The van der Waals surface area contributed by atoms with Gasteiger partial charge in [0.25, 0.3) is 0 Å². The molecule has 0 rings (SSSR count). The molecular formula is C49H98BrNO8. The number of nitrogens with zero attached hydrogens (tertiary/aromatic N) is 1. The zero-order valence-corrected chi connectivity index (χ0v) is 40.9. The first-order valence-electron chi connectivity index (χ1n) is 24.4. The van der Waals surface area contributed by atoms with E-state index in [0.717, 1.165) is 43.6 Å². The molecule has 1 unspecified atom stereocenters. The van der Waals surface area contributed by atoms with Crippen LogP contribution in [0.4, 0.5) is 0 Å². The van der Waals surface area contributed by atoms with Crippen LogP contribution in [0.1, 0.15) is 168 Å². The molecule has 0 radical (unpaired) electrons. The molecule has 0 aliphatic heterocycles. The molecule has 59 heavy (non-hydrogen) atoms. The predicted molar refractivity (Wildman–Crippen MR) is 244 cm³/mol. The molecule has 0 aliphatic rings. The van der Waals surface area contributed by atoms with E-state index < -0.39 is 0 Å². The van der Waals surface area contributed by atoms with E-state index in [9.17, 15) is 0 Å². The highest BCUT2D eigenvalue weighted by Gasteiger charge is 2.23. The van der Waals surface area contributed by atoms with Crippen molar-refractivity contribution in [2.45, 2.75) is 174 Å². The molecule has 0 aromatic heterocycles. The molecule has 0 heterocycles. The molecule has 354 valence electrons. The van der Waals surface area contributed by atoms with Crippen LogP contribution < -0.4 is 17.0 Å². The number of hydrogen-bond donors (Lipinski definition) is 1. The van der Waals surface area contributed by atoms with Crippen LogP contribution in [0.3, 0.4) is 0 Å². The van der Waals surface area contributed by atoms with E-state index in [1.807, 2.05) is 0 Å². The van der Waals surface area contributed by atoms with Gasteiger partial charge in [0.15, 0.2) is 0 Å². The number of aliphatic hydroxyl groups is 1. The van der Waals surface area contributed by atoms with Crippen molar-refractivity contribution in [2.75, 3.05) is 120 Å². The molecule has 0 amide bonds. The largest absolute Gasteiger partial charge is 1.00 e. The van der Waals surface area contributed by atoms with Crippen LogP contribution in [0.5, 0.6) is 0 Å². The van der Waals surface area contributed by atoms with Gasteiger partial charge >= 0.3 is 0 Å². The predicted octanol–water partition coefficient (Wildman–Crippen LogP) is 8.06. The van der Waals surface area contributed by atoms with Crippen LogP contribution in [-0.2, 0) is 33.2 Å². The summed E-state index contributed by atoms with van der Waals surface area (Å²) in [6.45, 7) is 14.0. The summed E-state index contributed by atoms with van der Waals surface area (Å²) in [6, 6.07) is 0. The van der Waals surface area contributed by atoms with E-state index in [0.29, 0.717) is 72.7 Å². The fraction of sp³-hybridized carbons (Fsp3) is 0.918. The van der Waals surface area contributed by atoms with Crippen molar-refractivity contribution in [3.05, 3.63) is 24.3 Å². The summed E-state index contributed by atoms with van der Waals surface area (Å²) in [7, 11) is 4.54. The Morgan fingerprint density at radius 3 is 1.19 bits per heavy atom. The van der Waals surface area contributed by atoms with E-state index in [1.54, 1.807) is 0 Å². The summed E-state index contributed by atoms with van der Waals surface area (Å²) >= 11 is 0. The molecule has 0 fully saturated rings. The topological polar surface area (TPSA) is 84.8 Å².